The Balaban J connectivity index is 2.92. The van der Waals surface area contributed by atoms with Crippen LogP contribution in [0.3, 0.4) is 0 Å². The molecule has 4 heteroatoms. The van der Waals surface area contributed by atoms with Crippen LogP contribution in [0.5, 0.6) is 0 Å². The summed E-state index contributed by atoms with van der Waals surface area (Å²) in [5.41, 5.74) is 0. The first-order chi connectivity index (χ1) is 4.77. The first kappa shape index (κ1) is 7.05. The van der Waals surface area contributed by atoms with E-state index in [0.29, 0.717) is 5.95 Å². The number of aromatic nitrogens is 3. The number of rotatable bonds is 2. The summed E-state index contributed by atoms with van der Waals surface area (Å²) in [4.78, 5) is 4.19. The lowest BCUT2D eigenvalue weighted by molar-refractivity contribution is 0.710. The molecule has 0 bridgehead atoms. The molecular formula is C6H12N4. The van der Waals surface area contributed by atoms with Crippen molar-refractivity contribution in [2.24, 2.45) is 7.05 Å². The highest BCUT2D eigenvalue weighted by atomic mass is 15.4. The van der Waals surface area contributed by atoms with Crippen LogP contribution in [0.25, 0.3) is 0 Å². The van der Waals surface area contributed by atoms with Gasteiger partial charge in [-0.15, -0.1) is 5.10 Å². The highest BCUT2D eigenvalue weighted by Gasteiger charge is 2.00. The molecule has 0 aliphatic heterocycles. The van der Waals surface area contributed by atoms with Crippen LogP contribution in [0.4, 0.5) is 5.95 Å². The quantitative estimate of drug-likeness (QED) is 0.647. The fourth-order valence-corrected chi connectivity index (χ4v) is 0.831. The first-order valence-corrected chi connectivity index (χ1v) is 3.35. The van der Waals surface area contributed by atoms with Gasteiger partial charge in [0.15, 0.2) is 0 Å². The minimum absolute atomic E-state index is 0.694. The van der Waals surface area contributed by atoms with Gasteiger partial charge in [0.1, 0.15) is 5.82 Å². The molecule has 0 spiro atoms. The highest BCUT2D eigenvalue weighted by molar-refractivity contribution is 5.21. The lowest BCUT2D eigenvalue weighted by Gasteiger charge is -1.89. The van der Waals surface area contributed by atoms with E-state index in [9.17, 15) is 0 Å². The van der Waals surface area contributed by atoms with Crippen molar-refractivity contribution in [3.63, 3.8) is 0 Å². The van der Waals surface area contributed by atoms with Crippen LogP contribution in [0, 0.1) is 0 Å². The van der Waals surface area contributed by atoms with Gasteiger partial charge in [0.25, 0.3) is 0 Å². The molecule has 1 rings (SSSR count). The van der Waals surface area contributed by atoms with Gasteiger partial charge in [-0.25, -0.2) is 0 Å². The predicted molar refractivity (Wildman–Crippen MR) is 39.9 cm³/mol. The van der Waals surface area contributed by atoms with Crippen molar-refractivity contribution in [2.75, 3.05) is 12.4 Å². The zero-order valence-corrected chi connectivity index (χ0v) is 6.55. The Morgan fingerprint density at radius 1 is 1.60 bits per heavy atom. The molecule has 1 N–H and O–H groups in total. The Labute approximate surface area is 60.3 Å². The molecule has 10 heavy (non-hydrogen) atoms. The van der Waals surface area contributed by atoms with Crippen molar-refractivity contribution in [3.8, 4) is 0 Å². The van der Waals surface area contributed by atoms with Gasteiger partial charge >= 0.3 is 0 Å². The van der Waals surface area contributed by atoms with Crippen molar-refractivity contribution < 1.29 is 0 Å². The van der Waals surface area contributed by atoms with Gasteiger partial charge in [-0.05, 0) is 0 Å². The second-order valence-corrected chi connectivity index (χ2v) is 2.08. The van der Waals surface area contributed by atoms with Crippen LogP contribution < -0.4 is 5.32 Å². The van der Waals surface area contributed by atoms with Gasteiger partial charge in [0.2, 0.25) is 5.95 Å². The summed E-state index contributed by atoms with van der Waals surface area (Å²) >= 11 is 0. The molecule has 0 radical (unpaired) electrons. The summed E-state index contributed by atoms with van der Waals surface area (Å²) in [6, 6.07) is 0. The van der Waals surface area contributed by atoms with E-state index in [1.165, 1.54) is 0 Å². The summed E-state index contributed by atoms with van der Waals surface area (Å²) in [5.74, 6) is 1.70. The maximum atomic E-state index is 4.19. The van der Waals surface area contributed by atoms with Crippen LogP contribution in [-0.4, -0.2) is 21.8 Å². The molecule has 1 heterocycles. The largest absolute Gasteiger partial charge is 0.356 e. The van der Waals surface area contributed by atoms with Crippen LogP contribution in [-0.2, 0) is 13.5 Å². The Morgan fingerprint density at radius 3 is 2.60 bits per heavy atom. The third kappa shape index (κ3) is 1.10. The predicted octanol–water partition coefficient (Wildman–Crippen LogP) is 0.419. The lowest BCUT2D eigenvalue weighted by atomic mass is 10.5. The summed E-state index contributed by atoms with van der Waals surface area (Å²) in [5, 5.41) is 6.97. The van der Waals surface area contributed by atoms with Crippen LogP contribution in [0.2, 0.25) is 0 Å². The fourth-order valence-electron chi connectivity index (χ4n) is 0.831. The summed E-state index contributed by atoms with van der Waals surface area (Å²) in [6.45, 7) is 2.06. The number of aryl methyl sites for hydroxylation is 2. The van der Waals surface area contributed by atoms with E-state index in [1.807, 2.05) is 14.1 Å². The lowest BCUT2D eigenvalue weighted by Crippen LogP contribution is -1.96. The molecule has 0 saturated heterocycles. The van der Waals surface area contributed by atoms with Gasteiger partial charge in [-0.1, -0.05) is 6.92 Å². The molecule has 0 saturated carbocycles. The van der Waals surface area contributed by atoms with E-state index in [2.05, 4.69) is 22.3 Å². The normalized spacial score (nSPS) is 9.90. The minimum Gasteiger partial charge on any atom is -0.356 e. The van der Waals surface area contributed by atoms with Crippen molar-refractivity contribution >= 4 is 5.95 Å². The number of nitrogens with one attached hydrogen (secondary N) is 1. The molecule has 0 aliphatic rings. The van der Waals surface area contributed by atoms with Crippen molar-refractivity contribution in [1.82, 2.24) is 14.8 Å². The molecule has 1 aromatic rings. The average Bonchev–Trinajstić information content (AvgIpc) is 2.30. The smallest absolute Gasteiger partial charge is 0.242 e. The van der Waals surface area contributed by atoms with E-state index in [0.717, 1.165) is 12.2 Å². The van der Waals surface area contributed by atoms with Crippen molar-refractivity contribution in [2.45, 2.75) is 13.3 Å². The zero-order valence-electron chi connectivity index (χ0n) is 6.55. The van der Waals surface area contributed by atoms with Crippen LogP contribution >= 0.6 is 0 Å². The van der Waals surface area contributed by atoms with E-state index in [-0.39, 0.29) is 0 Å². The number of hydrogen-bond donors (Lipinski definition) is 1. The Kier molecular flexibility index (Phi) is 1.89. The highest BCUT2D eigenvalue weighted by Crippen LogP contribution is 1.99. The van der Waals surface area contributed by atoms with Crippen molar-refractivity contribution in [1.29, 1.82) is 0 Å². The molecule has 0 atom stereocenters. The third-order valence-corrected chi connectivity index (χ3v) is 1.39. The van der Waals surface area contributed by atoms with Crippen LogP contribution in [0.15, 0.2) is 0 Å². The van der Waals surface area contributed by atoms with E-state index >= 15 is 0 Å². The maximum absolute atomic E-state index is 4.19. The van der Waals surface area contributed by atoms with Gasteiger partial charge < -0.3 is 5.32 Å². The molecular weight excluding hydrogens is 128 g/mol. The second-order valence-electron chi connectivity index (χ2n) is 2.08. The molecule has 1 aromatic heterocycles. The number of anilines is 1. The molecule has 0 unspecified atom stereocenters. The molecule has 56 valence electrons. The van der Waals surface area contributed by atoms with Crippen molar-refractivity contribution in [3.05, 3.63) is 5.82 Å². The third-order valence-electron chi connectivity index (χ3n) is 1.39. The number of hydrogen-bond acceptors (Lipinski definition) is 3. The molecule has 0 amide bonds. The van der Waals surface area contributed by atoms with Gasteiger partial charge in [0, 0.05) is 20.5 Å². The Hall–Kier alpha value is -1.06. The number of nitrogens with zero attached hydrogens (tertiary/aromatic N) is 3. The average molecular weight is 140 g/mol. The zero-order chi connectivity index (χ0) is 7.56. The Bertz CT molecular complexity index is 216. The SMILES string of the molecule is CCc1nc(NC)nn1C. The molecule has 0 aliphatic carbocycles. The standard InChI is InChI=1S/C6H12N4/c1-4-5-8-6(7-2)9-10(5)3/h4H2,1-3H3,(H,7,9). The van der Waals surface area contributed by atoms with Gasteiger partial charge in [-0.2, -0.15) is 4.98 Å². The summed E-state index contributed by atoms with van der Waals surface area (Å²) in [7, 11) is 3.71. The van der Waals surface area contributed by atoms with E-state index < -0.39 is 0 Å². The minimum atomic E-state index is 0.694. The summed E-state index contributed by atoms with van der Waals surface area (Å²) in [6.07, 6.45) is 0.922. The fraction of sp³-hybridized carbons (Fsp3) is 0.667. The monoisotopic (exact) mass is 140 g/mol. The maximum Gasteiger partial charge on any atom is 0.242 e. The van der Waals surface area contributed by atoms with E-state index in [4.69, 9.17) is 0 Å². The first-order valence-electron chi connectivity index (χ1n) is 3.35. The summed E-state index contributed by atoms with van der Waals surface area (Å²) < 4.78 is 1.78. The second kappa shape index (κ2) is 2.68. The van der Waals surface area contributed by atoms with Gasteiger partial charge in [0.05, 0.1) is 0 Å². The van der Waals surface area contributed by atoms with Gasteiger partial charge in [-0.3, -0.25) is 4.68 Å². The topological polar surface area (TPSA) is 42.7 Å². The molecule has 0 aromatic carbocycles. The molecule has 0 fully saturated rings. The molecule has 4 nitrogen and oxygen atoms in total. The van der Waals surface area contributed by atoms with E-state index in [1.54, 1.807) is 4.68 Å². The Morgan fingerprint density at radius 2 is 2.30 bits per heavy atom. The van der Waals surface area contributed by atoms with Crippen LogP contribution in [0.1, 0.15) is 12.7 Å².